The zero-order valence-electron chi connectivity index (χ0n) is 13.1. The summed E-state index contributed by atoms with van der Waals surface area (Å²) in [5.74, 6) is 0.773. The van der Waals surface area contributed by atoms with Gasteiger partial charge in [0, 0.05) is 12.1 Å². The minimum atomic E-state index is -3.69. The van der Waals surface area contributed by atoms with Crippen molar-refractivity contribution in [1.82, 2.24) is 4.72 Å². The molecule has 0 radical (unpaired) electrons. The van der Waals surface area contributed by atoms with Crippen molar-refractivity contribution in [1.29, 1.82) is 0 Å². The van der Waals surface area contributed by atoms with Gasteiger partial charge in [-0.15, -0.1) is 0 Å². The van der Waals surface area contributed by atoms with Crippen LogP contribution in [-0.4, -0.2) is 28.7 Å². The summed E-state index contributed by atoms with van der Waals surface area (Å²) in [4.78, 5) is 0.0929. The topological polar surface area (TPSA) is 64.6 Å². The number of fused-ring (bicyclic) bond motifs is 1. The Kier molecular flexibility index (Phi) is 4.28. The molecule has 122 valence electrons. The first-order valence-corrected chi connectivity index (χ1v) is 8.83. The lowest BCUT2D eigenvalue weighted by molar-refractivity contribution is 0.391. The molecule has 0 amide bonds. The van der Waals surface area contributed by atoms with Crippen LogP contribution in [0.25, 0.3) is 0 Å². The van der Waals surface area contributed by atoms with Gasteiger partial charge in [0.15, 0.2) is 0 Å². The van der Waals surface area contributed by atoms with Crippen molar-refractivity contribution < 1.29 is 17.9 Å². The molecular formula is C17H19NO4S. The molecule has 1 N–H and O–H groups in total. The number of benzene rings is 2. The van der Waals surface area contributed by atoms with Gasteiger partial charge in [0.25, 0.3) is 0 Å². The average Bonchev–Trinajstić information content (AvgIpc) is 2.95. The minimum Gasteiger partial charge on any atom is -0.497 e. The lowest BCUT2D eigenvalue weighted by Crippen LogP contribution is -2.35. The average molecular weight is 333 g/mol. The van der Waals surface area contributed by atoms with Gasteiger partial charge in [-0.25, -0.2) is 13.1 Å². The Balaban J connectivity index is 1.86. The molecule has 1 aliphatic carbocycles. The van der Waals surface area contributed by atoms with Gasteiger partial charge in [0.1, 0.15) is 16.4 Å². The summed E-state index contributed by atoms with van der Waals surface area (Å²) in [6.45, 7) is 0. The van der Waals surface area contributed by atoms with Crippen LogP contribution in [0.4, 0.5) is 0 Å². The summed E-state index contributed by atoms with van der Waals surface area (Å²) in [6, 6.07) is 12.6. The van der Waals surface area contributed by atoms with Gasteiger partial charge < -0.3 is 9.47 Å². The summed E-state index contributed by atoms with van der Waals surface area (Å²) in [5.41, 5.74) is 2.38. The highest BCUT2D eigenvalue weighted by Crippen LogP contribution is 2.29. The van der Waals surface area contributed by atoms with Crippen LogP contribution in [0.1, 0.15) is 11.1 Å². The van der Waals surface area contributed by atoms with Gasteiger partial charge in [-0.05, 0) is 36.1 Å². The highest BCUT2D eigenvalue weighted by molar-refractivity contribution is 7.89. The summed E-state index contributed by atoms with van der Waals surface area (Å²) in [5, 5.41) is 0. The van der Waals surface area contributed by atoms with E-state index in [4.69, 9.17) is 9.47 Å². The van der Waals surface area contributed by atoms with Crippen molar-refractivity contribution in [3.63, 3.8) is 0 Å². The van der Waals surface area contributed by atoms with Crippen LogP contribution in [0, 0.1) is 0 Å². The highest BCUT2D eigenvalue weighted by atomic mass is 32.2. The fraction of sp³-hybridized carbons (Fsp3) is 0.294. The fourth-order valence-electron chi connectivity index (χ4n) is 2.92. The first-order chi connectivity index (χ1) is 11.0. The maximum Gasteiger partial charge on any atom is 0.244 e. The van der Waals surface area contributed by atoms with E-state index in [2.05, 4.69) is 4.72 Å². The summed E-state index contributed by atoms with van der Waals surface area (Å²) in [7, 11) is -0.742. The number of sulfonamides is 1. The Morgan fingerprint density at radius 3 is 2.22 bits per heavy atom. The molecule has 0 saturated heterocycles. The van der Waals surface area contributed by atoms with Gasteiger partial charge in [0.2, 0.25) is 10.0 Å². The molecular weight excluding hydrogens is 314 g/mol. The van der Waals surface area contributed by atoms with Crippen molar-refractivity contribution in [2.45, 2.75) is 23.8 Å². The number of hydrogen-bond acceptors (Lipinski definition) is 4. The lowest BCUT2D eigenvalue weighted by Gasteiger charge is -2.15. The first kappa shape index (κ1) is 15.8. The van der Waals surface area contributed by atoms with E-state index >= 15 is 0 Å². The normalized spacial score (nSPS) is 14.5. The van der Waals surface area contributed by atoms with E-state index in [1.54, 1.807) is 12.1 Å². The molecule has 0 spiro atoms. The summed E-state index contributed by atoms with van der Waals surface area (Å²) < 4.78 is 38.6. The molecule has 0 fully saturated rings. The van der Waals surface area contributed by atoms with E-state index < -0.39 is 10.0 Å². The van der Waals surface area contributed by atoms with E-state index in [-0.39, 0.29) is 10.9 Å². The summed E-state index contributed by atoms with van der Waals surface area (Å²) >= 11 is 0. The number of nitrogens with one attached hydrogen (secondary N) is 1. The van der Waals surface area contributed by atoms with Crippen molar-refractivity contribution in [3.05, 3.63) is 53.6 Å². The highest BCUT2D eigenvalue weighted by Gasteiger charge is 2.28. The number of ether oxygens (including phenoxy) is 2. The maximum atomic E-state index is 12.7. The maximum absolute atomic E-state index is 12.7. The monoisotopic (exact) mass is 333 g/mol. The van der Waals surface area contributed by atoms with Crippen LogP contribution in [0.15, 0.2) is 47.4 Å². The largest absolute Gasteiger partial charge is 0.497 e. The molecule has 1 aliphatic rings. The Morgan fingerprint density at radius 1 is 1.00 bits per heavy atom. The Bertz CT molecular complexity index is 792. The van der Waals surface area contributed by atoms with Crippen molar-refractivity contribution in [2.24, 2.45) is 0 Å². The molecule has 0 unspecified atom stereocenters. The predicted octanol–water partition coefficient (Wildman–Crippen LogP) is 2.15. The van der Waals surface area contributed by atoms with Gasteiger partial charge in [0.05, 0.1) is 14.2 Å². The van der Waals surface area contributed by atoms with E-state index in [0.29, 0.717) is 24.3 Å². The number of rotatable bonds is 5. The van der Waals surface area contributed by atoms with Crippen LogP contribution in [-0.2, 0) is 22.9 Å². The lowest BCUT2D eigenvalue weighted by atomic mass is 10.1. The second-order valence-electron chi connectivity index (χ2n) is 5.51. The molecule has 23 heavy (non-hydrogen) atoms. The quantitative estimate of drug-likeness (QED) is 0.910. The molecule has 0 aromatic heterocycles. The van der Waals surface area contributed by atoms with Crippen LogP contribution in [0.3, 0.4) is 0 Å². The van der Waals surface area contributed by atoms with Crippen LogP contribution < -0.4 is 14.2 Å². The Morgan fingerprint density at radius 2 is 1.65 bits per heavy atom. The molecule has 5 nitrogen and oxygen atoms in total. The molecule has 2 aromatic carbocycles. The van der Waals surface area contributed by atoms with Crippen LogP contribution in [0.5, 0.6) is 11.5 Å². The molecule has 0 aliphatic heterocycles. The Labute approximate surface area is 136 Å². The first-order valence-electron chi connectivity index (χ1n) is 7.34. The van der Waals surface area contributed by atoms with Crippen molar-refractivity contribution in [3.8, 4) is 11.5 Å². The van der Waals surface area contributed by atoms with E-state index in [0.717, 1.165) is 0 Å². The molecule has 0 heterocycles. The molecule has 0 atom stereocenters. The summed E-state index contributed by atoms with van der Waals surface area (Å²) in [6.07, 6.45) is 1.39. The SMILES string of the molecule is COc1ccc(OC)c(S(=O)(=O)NC2Cc3ccccc3C2)c1. The molecule has 0 bridgehead atoms. The van der Waals surface area contributed by atoms with E-state index in [9.17, 15) is 8.42 Å². The third-order valence-corrected chi connectivity index (χ3v) is 5.57. The number of hydrogen-bond donors (Lipinski definition) is 1. The van der Waals surface area contributed by atoms with Crippen molar-refractivity contribution >= 4 is 10.0 Å². The standard InChI is InChI=1S/C17H19NO4S/c1-21-15-7-8-16(22-2)17(11-15)23(19,20)18-14-9-12-5-3-4-6-13(12)10-14/h3-8,11,14,18H,9-10H2,1-2H3. The third kappa shape index (κ3) is 3.18. The number of methoxy groups -OCH3 is 2. The zero-order chi connectivity index (χ0) is 16.4. The zero-order valence-corrected chi connectivity index (χ0v) is 13.9. The minimum absolute atomic E-state index is 0.0929. The van der Waals surface area contributed by atoms with Crippen LogP contribution in [0.2, 0.25) is 0 Å². The second kappa shape index (κ2) is 6.22. The van der Waals surface area contributed by atoms with Gasteiger partial charge in [-0.3, -0.25) is 0 Å². The molecule has 6 heteroatoms. The smallest absolute Gasteiger partial charge is 0.244 e. The molecule has 3 rings (SSSR count). The second-order valence-corrected chi connectivity index (χ2v) is 7.19. The third-order valence-electron chi connectivity index (χ3n) is 4.03. The predicted molar refractivity (Wildman–Crippen MR) is 87.5 cm³/mol. The van der Waals surface area contributed by atoms with Gasteiger partial charge in [-0.1, -0.05) is 24.3 Å². The fourth-order valence-corrected chi connectivity index (χ4v) is 4.34. The molecule has 0 saturated carbocycles. The van der Waals surface area contributed by atoms with Crippen LogP contribution >= 0.6 is 0 Å². The Hall–Kier alpha value is -2.05. The van der Waals surface area contributed by atoms with Crippen molar-refractivity contribution in [2.75, 3.05) is 14.2 Å². The van der Waals surface area contributed by atoms with E-state index in [1.165, 1.54) is 31.4 Å². The van der Waals surface area contributed by atoms with E-state index in [1.807, 2.05) is 24.3 Å². The van der Waals surface area contributed by atoms with Gasteiger partial charge >= 0.3 is 0 Å². The molecule has 2 aromatic rings. The van der Waals surface area contributed by atoms with Gasteiger partial charge in [-0.2, -0.15) is 0 Å².